The maximum absolute atomic E-state index is 13.0. The zero-order chi connectivity index (χ0) is 26.7. The van der Waals surface area contributed by atoms with Crippen LogP contribution in [0.4, 0.5) is 0 Å². The second-order valence-corrected chi connectivity index (χ2v) is 7.87. The van der Waals surface area contributed by atoms with Gasteiger partial charge in [0.1, 0.15) is 5.75 Å². The second-order valence-electron chi connectivity index (χ2n) is 7.87. The highest BCUT2D eigenvalue weighted by atomic mass is 16.5. The van der Waals surface area contributed by atoms with Gasteiger partial charge in [-0.15, -0.1) is 0 Å². The molecule has 0 saturated heterocycles. The molecule has 0 radical (unpaired) electrons. The number of carboxylic acids is 2. The minimum absolute atomic E-state index is 0.131. The molecular weight excluding hydrogens is 470 g/mol. The largest absolute Gasteiger partial charge is 0.484 e. The van der Waals surface area contributed by atoms with E-state index >= 15 is 0 Å². The van der Waals surface area contributed by atoms with Gasteiger partial charge < -0.3 is 31.7 Å². The van der Waals surface area contributed by atoms with Gasteiger partial charge >= 0.3 is 11.9 Å². The van der Waals surface area contributed by atoms with Crippen LogP contribution in [0.25, 0.3) is 0 Å². The Kier molecular flexibility index (Phi) is 10.4. The van der Waals surface area contributed by atoms with Crippen molar-refractivity contribution in [1.29, 1.82) is 5.41 Å². The van der Waals surface area contributed by atoms with Crippen LogP contribution in [0.15, 0.2) is 54.6 Å². The van der Waals surface area contributed by atoms with Crippen LogP contribution in [0.1, 0.15) is 23.5 Å². The van der Waals surface area contributed by atoms with Gasteiger partial charge in [0.2, 0.25) is 5.91 Å². The molecule has 0 aliphatic carbocycles. The highest BCUT2D eigenvalue weighted by Crippen LogP contribution is 2.19. The summed E-state index contributed by atoms with van der Waals surface area (Å²) in [5, 5.41) is 28.5. The molecule has 12 heteroatoms. The number of hydrogen-bond donors (Lipinski definition) is 6. The number of guanidine groups is 1. The first-order valence-corrected chi connectivity index (χ1v) is 11.0. The number of ether oxygens (including phenoxy) is 1. The molecular formula is C24H29N5O7. The fraction of sp³-hybridized carbons (Fsp3) is 0.292. The Morgan fingerprint density at radius 3 is 2.22 bits per heavy atom. The van der Waals surface area contributed by atoms with E-state index in [0.29, 0.717) is 29.2 Å². The van der Waals surface area contributed by atoms with Crippen LogP contribution in [0.5, 0.6) is 5.75 Å². The third kappa shape index (κ3) is 8.72. The molecule has 2 atom stereocenters. The normalized spacial score (nSPS) is 12.1. The molecule has 8 N–H and O–H groups in total. The standard InChI is InChI=1S/C24H29N5O7/c25-19(12-21(31)32)22(33)29(13-18(23(34)35)16-4-2-1-3-5-16)20(30)14-36-17-8-6-15(7-9-17)10-11-28-24(26)27/h1-9,18-19H,10-14,25H2,(H,31,32)(H,34,35)(H4,26,27,28)/t18?,19-/m0/s1. The van der Waals surface area contributed by atoms with Crippen LogP contribution in [0.2, 0.25) is 0 Å². The molecule has 0 aliphatic rings. The van der Waals surface area contributed by atoms with E-state index in [4.69, 9.17) is 26.7 Å². The van der Waals surface area contributed by atoms with Gasteiger partial charge in [0.05, 0.1) is 18.4 Å². The molecule has 2 aromatic rings. The molecule has 0 aromatic heterocycles. The Balaban J connectivity index is 2.14. The van der Waals surface area contributed by atoms with E-state index in [-0.39, 0.29) is 5.96 Å². The van der Waals surface area contributed by atoms with Gasteiger partial charge in [-0.3, -0.25) is 29.5 Å². The van der Waals surface area contributed by atoms with Crippen molar-refractivity contribution in [3.05, 3.63) is 65.7 Å². The molecule has 0 bridgehead atoms. The number of rotatable bonds is 13. The maximum atomic E-state index is 13.0. The summed E-state index contributed by atoms with van der Waals surface area (Å²) >= 11 is 0. The number of nitrogens with one attached hydrogen (secondary N) is 2. The van der Waals surface area contributed by atoms with Crippen molar-refractivity contribution >= 4 is 29.7 Å². The highest BCUT2D eigenvalue weighted by Gasteiger charge is 2.33. The lowest BCUT2D eigenvalue weighted by Gasteiger charge is -2.26. The summed E-state index contributed by atoms with van der Waals surface area (Å²) in [6.07, 6.45) is -0.134. The maximum Gasteiger partial charge on any atom is 0.312 e. The van der Waals surface area contributed by atoms with Gasteiger partial charge in [-0.05, 0) is 29.7 Å². The predicted octanol–water partition coefficient (Wildman–Crippen LogP) is 0.117. The molecule has 12 nitrogen and oxygen atoms in total. The minimum Gasteiger partial charge on any atom is -0.484 e. The molecule has 0 aliphatic heterocycles. The van der Waals surface area contributed by atoms with Crippen molar-refractivity contribution in [2.45, 2.75) is 24.8 Å². The first-order valence-electron chi connectivity index (χ1n) is 11.0. The van der Waals surface area contributed by atoms with E-state index < -0.39 is 55.3 Å². The number of amides is 2. The zero-order valence-electron chi connectivity index (χ0n) is 19.4. The van der Waals surface area contributed by atoms with Crippen molar-refractivity contribution in [2.75, 3.05) is 19.7 Å². The van der Waals surface area contributed by atoms with Crippen LogP contribution >= 0.6 is 0 Å². The molecule has 1 unspecified atom stereocenters. The lowest BCUT2D eigenvalue weighted by molar-refractivity contribution is -0.151. The van der Waals surface area contributed by atoms with Crippen molar-refractivity contribution in [1.82, 2.24) is 10.2 Å². The Labute approximate surface area is 207 Å². The molecule has 2 aromatic carbocycles. The lowest BCUT2D eigenvalue weighted by atomic mass is 9.98. The van der Waals surface area contributed by atoms with Crippen molar-refractivity contribution in [3.63, 3.8) is 0 Å². The van der Waals surface area contributed by atoms with E-state index in [2.05, 4.69) is 5.32 Å². The fourth-order valence-electron chi connectivity index (χ4n) is 3.30. The summed E-state index contributed by atoms with van der Waals surface area (Å²) in [5.41, 5.74) is 12.2. The molecule has 0 fully saturated rings. The Hall–Kier alpha value is -4.45. The highest BCUT2D eigenvalue weighted by molar-refractivity contribution is 6.00. The number of nitrogens with two attached hydrogens (primary N) is 2. The van der Waals surface area contributed by atoms with Crippen molar-refractivity contribution in [3.8, 4) is 5.75 Å². The number of aliphatic carboxylic acids is 2. The molecule has 0 spiro atoms. The fourth-order valence-corrected chi connectivity index (χ4v) is 3.30. The summed E-state index contributed by atoms with van der Waals surface area (Å²) < 4.78 is 5.49. The summed E-state index contributed by atoms with van der Waals surface area (Å²) in [5.74, 6) is -5.54. The van der Waals surface area contributed by atoms with Gasteiger partial charge in [0, 0.05) is 13.1 Å². The average Bonchev–Trinajstić information content (AvgIpc) is 2.83. The molecule has 0 heterocycles. The van der Waals surface area contributed by atoms with Gasteiger partial charge in [0.25, 0.3) is 5.91 Å². The Bertz CT molecular complexity index is 1080. The average molecular weight is 500 g/mol. The quantitative estimate of drug-likeness (QED) is 0.162. The number of carbonyl (C=O) groups is 4. The van der Waals surface area contributed by atoms with Gasteiger partial charge in [0.15, 0.2) is 12.6 Å². The SMILES string of the molecule is N=C(N)NCCc1ccc(OCC(=O)N(CC(C(=O)O)c2ccccc2)C(=O)[C@@H](N)CC(=O)O)cc1. The summed E-state index contributed by atoms with van der Waals surface area (Å²) in [7, 11) is 0. The van der Waals surface area contributed by atoms with E-state index in [1.54, 1.807) is 54.6 Å². The Morgan fingerprint density at radius 2 is 1.67 bits per heavy atom. The molecule has 0 saturated carbocycles. The number of imide groups is 1. The van der Waals surface area contributed by atoms with Gasteiger partial charge in [-0.2, -0.15) is 0 Å². The van der Waals surface area contributed by atoms with Gasteiger partial charge in [-0.1, -0.05) is 42.5 Å². The zero-order valence-corrected chi connectivity index (χ0v) is 19.4. The van der Waals surface area contributed by atoms with E-state index in [1.807, 2.05) is 0 Å². The van der Waals surface area contributed by atoms with E-state index in [1.165, 1.54) is 0 Å². The third-order valence-corrected chi connectivity index (χ3v) is 5.16. The van der Waals surface area contributed by atoms with Crippen molar-refractivity contribution in [2.24, 2.45) is 11.5 Å². The second kappa shape index (κ2) is 13.4. The topological polar surface area (TPSA) is 209 Å². The number of benzene rings is 2. The summed E-state index contributed by atoms with van der Waals surface area (Å²) in [6, 6.07) is 13.2. The monoisotopic (exact) mass is 499 g/mol. The van der Waals surface area contributed by atoms with Crippen molar-refractivity contribution < 1.29 is 34.1 Å². The third-order valence-electron chi connectivity index (χ3n) is 5.16. The van der Waals surface area contributed by atoms with Crippen LogP contribution in [0.3, 0.4) is 0 Å². The van der Waals surface area contributed by atoms with E-state index in [0.717, 1.165) is 5.56 Å². The number of nitrogens with zero attached hydrogens (tertiary/aromatic N) is 1. The summed E-state index contributed by atoms with van der Waals surface area (Å²) in [6.45, 7) is -0.679. The smallest absolute Gasteiger partial charge is 0.312 e. The van der Waals surface area contributed by atoms with Crippen LogP contribution in [-0.4, -0.2) is 70.6 Å². The number of carbonyl (C=O) groups excluding carboxylic acids is 2. The predicted molar refractivity (Wildman–Crippen MR) is 129 cm³/mol. The van der Waals surface area contributed by atoms with Gasteiger partial charge in [-0.25, -0.2) is 0 Å². The summed E-state index contributed by atoms with van der Waals surface area (Å²) in [4.78, 5) is 49.4. The number of carboxylic acid groups (broad SMARTS) is 2. The molecule has 2 amide bonds. The number of hydrogen-bond acceptors (Lipinski definition) is 7. The van der Waals surface area contributed by atoms with E-state index in [9.17, 15) is 24.3 Å². The molecule has 2 rings (SSSR count). The van der Waals surface area contributed by atoms with Crippen LogP contribution in [0, 0.1) is 5.41 Å². The molecule has 192 valence electrons. The first kappa shape index (κ1) is 27.8. The Morgan fingerprint density at radius 1 is 1.03 bits per heavy atom. The minimum atomic E-state index is -1.54. The first-order chi connectivity index (χ1) is 17.1. The van der Waals surface area contributed by atoms with Crippen LogP contribution in [-0.2, 0) is 25.6 Å². The van der Waals surface area contributed by atoms with Crippen LogP contribution < -0.4 is 21.5 Å². The molecule has 36 heavy (non-hydrogen) atoms. The lowest BCUT2D eigenvalue weighted by Crippen LogP contribution is -2.51.